The van der Waals surface area contributed by atoms with Gasteiger partial charge in [-0.05, 0) is 17.7 Å². The number of hydrogen-bond donors (Lipinski definition) is 2. The lowest BCUT2D eigenvalue weighted by Crippen LogP contribution is -2.26. The molecule has 0 saturated heterocycles. The molecule has 2 rings (SSSR count). The zero-order valence-electron chi connectivity index (χ0n) is 8.93. The van der Waals surface area contributed by atoms with Gasteiger partial charge in [-0.25, -0.2) is 15.2 Å². The fourth-order valence-corrected chi connectivity index (χ4v) is 1.46. The second-order valence-corrected chi connectivity index (χ2v) is 3.48. The van der Waals surface area contributed by atoms with Crippen LogP contribution in [0.2, 0.25) is 0 Å². The minimum Gasteiger partial charge on any atom is -0.306 e. The van der Waals surface area contributed by atoms with Crippen molar-refractivity contribution in [2.45, 2.75) is 6.54 Å². The van der Waals surface area contributed by atoms with Crippen molar-refractivity contribution < 1.29 is 4.39 Å². The molecule has 0 bridgehead atoms. The van der Waals surface area contributed by atoms with E-state index in [0.29, 0.717) is 6.54 Å². The smallest absolute Gasteiger partial charge is 0.294 e. The van der Waals surface area contributed by atoms with E-state index in [0.717, 1.165) is 5.56 Å². The predicted molar refractivity (Wildman–Crippen MR) is 61.8 cm³/mol. The third-order valence-electron chi connectivity index (χ3n) is 2.32. The lowest BCUT2D eigenvalue weighted by Gasteiger charge is -2.06. The van der Waals surface area contributed by atoms with Crippen LogP contribution in [-0.4, -0.2) is 9.55 Å². The average molecular weight is 234 g/mol. The molecular weight excluding hydrogens is 223 g/mol. The molecule has 0 radical (unpaired) electrons. The maximum atomic E-state index is 12.7. The molecule has 0 saturated carbocycles. The number of nitrogens with two attached hydrogens (primary N) is 1. The van der Waals surface area contributed by atoms with E-state index >= 15 is 0 Å². The van der Waals surface area contributed by atoms with Gasteiger partial charge in [0.05, 0.1) is 6.54 Å². The van der Waals surface area contributed by atoms with Crippen LogP contribution in [0.5, 0.6) is 0 Å². The van der Waals surface area contributed by atoms with Gasteiger partial charge in [0.15, 0.2) is 0 Å². The second kappa shape index (κ2) is 4.75. The van der Waals surface area contributed by atoms with Crippen molar-refractivity contribution in [2.24, 2.45) is 5.84 Å². The van der Waals surface area contributed by atoms with Gasteiger partial charge in [0.1, 0.15) is 5.82 Å². The largest absolute Gasteiger partial charge is 0.306 e. The van der Waals surface area contributed by atoms with Crippen molar-refractivity contribution in [2.75, 3.05) is 5.43 Å². The number of nitrogen functional groups attached to an aromatic ring is 1. The first-order valence-corrected chi connectivity index (χ1v) is 4.97. The number of halogens is 1. The molecule has 0 aliphatic carbocycles. The van der Waals surface area contributed by atoms with Crippen LogP contribution < -0.4 is 16.8 Å². The summed E-state index contributed by atoms with van der Waals surface area (Å²) in [5.41, 5.74) is 2.73. The first-order valence-electron chi connectivity index (χ1n) is 4.97. The molecule has 1 aromatic heterocycles. The summed E-state index contributed by atoms with van der Waals surface area (Å²) in [6.45, 7) is 0.344. The summed E-state index contributed by atoms with van der Waals surface area (Å²) in [5, 5.41) is 0. The van der Waals surface area contributed by atoms with Crippen LogP contribution in [0.25, 0.3) is 0 Å². The molecule has 88 valence electrons. The van der Waals surface area contributed by atoms with Gasteiger partial charge in [-0.15, -0.1) is 0 Å². The van der Waals surface area contributed by atoms with Crippen LogP contribution in [0, 0.1) is 5.82 Å². The van der Waals surface area contributed by atoms with Crippen LogP contribution in [0.15, 0.2) is 41.5 Å². The number of rotatable bonds is 3. The molecule has 17 heavy (non-hydrogen) atoms. The Hall–Kier alpha value is -2.21. The second-order valence-electron chi connectivity index (χ2n) is 3.48. The summed E-state index contributed by atoms with van der Waals surface area (Å²) in [5.74, 6) is 4.93. The molecule has 0 amide bonds. The molecule has 0 unspecified atom stereocenters. The summed E-state index contributed by atoms with van der Waals surface area (Å²) < 4.78 is 14.2. The monoisotopic (exact) mass is 234 g/mol. The number of nitrogens with one attached hydrogen (secondary N) is 1. The van der Waals surface area contributed by atoms with Crippen molar-refractivity contribution in [1.82, 2.24) is 9.55 Å². The lowest BCUT2D eigenvalue weighted by molar-refractivity contribution is 0.626. The van der Waals surface area contributed by atoms with E-state index in [-0.39, 0.29) is 17.2 Å². The van der Waals surface area contributed by atoms with E-state index < -0.39 is 0 Å². The normalized spacial score (nSPS) is 10.2. The molecule has 1 heterocycles. The van der Waals surface area contributed by atoms with E-state index in [1.54, 1.807) is 18.3 Å². The number of anilines is 1. The van der Waals surface area contributed by atoms with Crippen LogP contribution in [0.3, 0.4) is 0 Å². The Morgan fingerprint density at radius 2 is 2.06 bits per heavy atom. The molecule has 0 aliphatic heterocycles. The minimum atomic E-state index is -0.320. The first-order chi connectivity index (χ1) is 8.20. The first kappa shape index (κ1) is 11.3. The van der Waals surface area contributed by atoms with Gasteiger partial charge >= 0.3 is 0 Å². The molecule has 0 aliphatic rings. The van der Waals surface area contributed by atoms with E-state index in [1.165, 1.54) is 22.9 Å². The molecular formula is C11H11FN4O. The predicted octanol–water partition coefficient (Wildman–Crippen LogP) is 0.716. The van der Waals surface area contributed by atoms with E-state index in [2.05, 4.69) is 10.4 Å². The van der Waals surface area contributed by atoms with Gasteiger partial charge in [-0.2, -0.15) is 0 Å². The van der Waals surface area contributed by atoms with E-state index in [9.17, 15) is 9.18 Å². The topological polar surface area (TPSA) is 72.9 Å². The highest BCUT2D eigenvalue weighted by Crippen LogP contribution is 2.04. The Balaban J connectivity index is 2.30. The fraction of sp³-hybridized carbons (Fsp3) is 0.0909. The number of hydrogen-bond acceptors (Lipinski definition) is 4. The van der Waals surface area contributed by atoms with Crippen molar-refractivity contribution >= 4 is 5.82 Å². The van der Waals surface area contributed by atoms with Crippen LogP contribution in [0.4, 0.5) is 10.2 Å². The van der Waals surface area contributed by atoms with Gasteiger partial charge in [0, 0.05) is 12.4 Å². The molecule has 0 spiro atoms. The number of aromatic nitrogens is 2. The van der Waals surface area contributed by atoms with Gasteiger partial charge in [-0.3, -0.25) is 4.79 Å². The molecule has 5 nitrogen and oxygen atoms in total. The summed E-state index contributed by atoms with van der Waals surface area (Å²) in [4.78, 5) is 15.5. The van der Waals surface area contributed by atoms with E-state index in [1.807, 2.05) is 0 Å². The Morgan fingerprint density at radius 1 is 1.35 bits per heavy atom. The molecule has 6 heteroatoms. The number of benzene rings is 1. The lowest BCUT2D eigenvalue weighted by atomic mass is 10.2. The maximum Gasteiger partial charge on any atom is 0.294 e. The van der Waals surface area contributed by atoms with Crippen LogP contribution in [0.1, 0.15) is 5.56 Å². The Kier molecular flexibility index (Phi) is 3.15. The molecule has 0 fully saturated rings. The van der Waals surface area contributed by atoms with Crippen molar-refractivity contribution in [3.63, 3.8) is 0 Å². The molecule has 0 atom stereocenters. The minimum absolute atomic E-state index is 0.0783. The van der Waals surface area contributed by atoms with Gasteiger partial charge in [-0.1, -0.05) is 12.1 Å². The van der Waals surface area contributed by atoms with Crippen molar-refractivity contribution in [3.05, 3.63) is 58.4 Å². The van der Waals surface area contributed by atoms with Gasteiger partial charge in [0.25, 0.3) is 5.56 Å². The average Bonchev–Trinajstić information content (AvgIpc) is 2.35. The molecule has 3 N–H and O–H groups in total. The Labute approximate surface area is 96.7 Å². The standard InChI is InChI=1S/C11H11FN4O/c12-9-3-1-8(2-4-9)7-16-6-5-14-10(15-13)11(16)17/h1-6H,7,13H2,(H,14,15). The third kappa shape index (κ3) is 2.48. The highest BCUT2D eigenvalue weighted by Gasteiger charge is 2.03. The maximum absolute atomic E-state index is 12.7. The molecule has 1 aromatic carbocycles. The highest BCUT2D eigenvalue weighted by molar-refractivity contribution is 5.29. The van der Waals surface area contributed by atoms with E-state index in [4.69, 9.17) is 5.84 Å². The Bertz CT molecular complexity index is 564. The fourth-order valence-electron chi connectivity index (χ4n) is 1.46. The summed E-state index contributed by atoms with van der Waals surface area (Å²) in [7, 11) is 0. The quantitative estimate of drug-likeness (QED) is 0.606. The third-order valence-corrected chi connectivity index (χ3v) is 2.32. The van der Waals surface area contributed by atoms with Crippen LogP contribution >= 0.6 is 0 Å². The zero-order chi connectivity index (χ0) is 12.3. The SMILES string of the molecule is NNc1nccn(Cc2ccc(F)cc2)c1=O. The molecule has 2 aromatic rings. The van der Waals surface area contributed by atoms with Gasteiger partial charge < -0.3 is 9.99 Å². The Morgan fingerprint density at radius 3 is 2.71 bits per heavy atom. The highest BCUT2D eigenvalue weighted by atomic mass is 19.1. The summed E-state index contributed by atoms with van der Waals surface area (Å²) in [6, 6.07) is 5.95. The summed E-state index contributed by atoms with van der Waals surface area (Å²) in [6.07, 6.45) is 3.02. The number of nitrogens with zero attached hydrogens (tertiary/aromatic N) is 2. The number of hydrazine groups is 1. The zero-order valence-corrected chi connectivity index (χ0v) is 8.93. The van der Waals surface area contributed by atoms with Gasteiger partial charge in [0.2, 0.25) is 5.82 Å². The summed E-state index contributed by atoms with van der Waals surface area (Å²) >= 11 is 0. The van der Waals surface area contributed by atoms with Crippen LogP contribution in [-0.2, 0) is 6.54 Å². The van der Waals surface area contributed by atoms with Crippen molar-refractivity contribution in [1.29, 1.82) is 0 Å². The van der Waals surface area contributed by atoms with Crippen molar-refractivity contribution in [3.8, 4) is 0 Å².